The molecule has 114 valence electrons. The molecule has 1 aromatic rings. The van der Waals surface area contributed by atoms with Crippen molar-refractivity contribution in [2.24, 2.45) is 5.41 Å². The monoisotopic (exact) mass is 309 g/mol. The highest BCUT2D eigenvalue weighted by atomic mass is 32.2. The standard InChI is InChI=1S/C15H19NO4S/c1-20-11-6-5-7-12-13(11)16-14(17)15(10-21(12,18)19)8-3-2-4-9-15/h5-7H,2-4,8-10H2,1H3,(H,16,17). The minimum absolute atomic E-state index is 0.105. The fourth-order valence-electron chi connectivity index (χ4n) is 3.42. The van der Waals surface area contributed by atoms with E-state index in [0.29, 0.717) is 18.6 Å². The lowest BCUT2D eigenvalue weighted by molar-refractivity contribution is -0.126. The van der Waals surface area contributed by atoms with Gasteiger partial charge in [0.1, 0.15) is 11.4 Å². The van der Waals surface area contributed by atoms with Crippen molar-refractivity contribution in [1.82, 2.24) is 0 Å². The van der Waals surface area contributed by atoms with E-state index in [9.17, 15) is 13.2 Å². The van der Waals surface area contributed by atoms with Crippen LogP contribution in [0.4, 0.5) is 5.69 Å². The predicted molar refractivity (Wildman–Crippen MR) is 79.2 cm³/mol. The Morgan fingerprint density at radius 3 is 2.57 bits per heavy atom. The van der Waals surface area contributed by atoms with Gasteiger partial charge < -0.3 is 10.1 Å². The molecule has 0 bridgehead atoms. The Bertz CT molecular complexity index is 675. The maximum absolute atomic E-state index is 12.7. The van der Waals surface area contributed by atoms with E-state index in [2.05, 4.69) is 5.32 Å². The lowest BCUT2D eigenvalue weighted by atomic mass is 9.75. The molecule has 1 N–H and O–H groups in total. The van der Waals surface area contributed by atoms with Crippen LogP contribution in [0.15, 0.2) is 23.1 Å². The van der Waals surface area contributed by atoms with Crippen LogP contribution >= 0.6 is 0 Å². The summed E-state index contributed by atoms with van der Waals surface area (Å²) < 4.78 is 30.7. The third-order valence-corrected chi connectivity index (χ3v) is 6.48. The number of sulfone groups is 1. The van der Waals surface area contributed by atoms with Crippen molar-refractivity contribution in [3.63, 3.8) is 0 Å². The summed E-state index contributed by atoms with van der Waals surface area (Å²) in [5.41, 5.74) is -0.506. The molecular weight excluding hydrogens is 290 g/mol. The van der Waals surface area contributed by atoms with Gasteiger partial charge in [-0.3, -0.25) is 4.79 Å². The van der Waals surface area contributed by atoms with Crippen LogP contribution in [0.3, 0.4) is 0 Å². The van der Waals surface area contributed by atoms with Gasteiger partial charge in [-0.05, 0) is 25.0 Å². The highest BCUT2D eigenvalue weighted by molar-refractivity contribution is 7.91. The smallest absolute Gasteiger partial charge is 0.231 e. The summed E-state index contributed by atoms with van der Waals surface area (Å²) in [6.45, 7) is 0. The van der Waals surface area contributed by atoms with Crippen LogP contribution in [0.5, 0.6) is 5.75 Å². The van der Waals surface area contributed by atoms with Crippen molar-refractivity contribution in [3.8, 4) is 5.75 Å². The van der Waals surface area contributed by atoms with E-state index in [-0.39, 0.29) is 22.2 Å². The molecule has 1 heterocycles. The molecule has 21 heavy (non-hydrogen) atoms. The van der Waals surface area contributed by atoms with E-state index in [1.165, 1.54) is 13.2 Å². The number of fused-ring (bicyclic) bond motifs is 1. The number of carbonyl (C=O) groups is 1. The van der Waals surface area contributed by atoms with Crippen molar-refractivity contribution >= 4 is 21.4 Å². The zero-order valence-corrected chi connectivity index (χ0v) is 12.8. The number of anilines is 1. The number of hydrogen-bond donors (Lipinski definition) is 1. The van der Waals surface area contributed by atoms with Crippen LogP contribution in [0, 0.1) is 5.41 Å². The Hall–Kier alpha value is -1.56. The van der Waals surface area contributed by atoms with E-state index in [0.717, 1.165) is 19.3 Å². The third-order valence-electron chi connectivity index (χ3n) is 4.54. The second-order valence-electron chi connectivity index (χ2n) is 5.89. The zero-order valence-electron chi connectivity index (χ0n) is 12.0. The molecule has 0 radical (unpaired) electrons. The molecule has 1 aliphatic heterocycles. The van der Waals surface area contributed by atoms with Crippen LogP contribution in [-0.2, 0) is 14.6 Å². The summed E-state index contributed by atoms with van der Waals surface area (Å²) in [4.78, 5) is 12.8. The highest BCUT2D eigenvalue weighted by Crippen LogP contribution is 2.45. The van der Waals surface area contributed by atoms with Crippen molar-refractivity contribution in [1.29, 1.82) is 0 Å². The Balaban J connectivity index is 2.15. The normalized spacial score (nSPS) is 23.0. The second-order valence-corrected chi connectivity index (χ2v) is 7.85. The third kappa shape index (κ3) is 2.31. The van der Waals surface area contributed by atoms with Gasteiger partial charge in [0.15, 0.2) is 9.84 Å². The van der Waals surface area contributed by atoms with E-state index >= 15 is 0 Å². The summed E-state index contributed by atoms with van der Waals surface area (Å²) >= 11 is 0. The fraction of sp³-hybridized carbons (Fsp3) is 0.533. The lowest BCUT2D eigenvalue weighted by Crippen LogP contribution is -2.41. The van der Waals surface area contributed by atoms with Crippen LogP contribution in [-0.4, -0.2) is 27.2 Å². The van der Waals surface area contributed by atoms with Gasteiger partial charge in [-0.2, -0.15) is 0 Å². The molecule has 1 saturated carbocycles. The number of carbonyl (C=O) groups excluding carboxylic acids is 1. The van der Waals surface area contributed by atoms with Crippen LogP contribution in [0.25, 0.3) is 0 Å². The number of benzene rings is 1. The van der Waals surface area contributed by atoms with E-state index in [1.807, 2.05) is 0 Å². The lowest BCUT2D eigenvalue weighted by Gasteiger charge is -2.33. The maximum Gasteiger partial charge on any atom is 0.231 e. The first-order chi connectivity index (χ1) is 9.98. The molecule has 3 rings (SSSR count). The van der Waals surface area contributed by atoms with Crippen LogP contribution in [0.2, 0.25) is 0 Å². The van der Waals surface area contributed by atoms with E-state index in [1.54, 1.807) is 12.1 Å². The van der Waals surface area contributed by atoms with Gasteiger partial charge in [-0.15, -0.1) is 0 Å². The molecule has 1 spiro atoms. The van der Waals surface area contributed by atoms with Gasteiger partial charge in [-0.25, -0.2) is 8.42 Å². The summed E-state index contributed by atoms with van der Waals surface area (Å²) in [5.74, 6) is 0.0951. The van der Waals surface area contributed by atoms with Gasteiger partial charge in [0.2, 0.25) is 5.91 Å². The molecule has 0 aromatic heterocycles. The Labute approximate surface area is 124 Å². The molecule has 0 atom stereocenters. The predicted octanol–water partition coefficient (Wildman–Crippen LogP) is 2.37. The largest absolute Gasteiger partial charge is 0.495 e. The first kappa shape index (κ1) is 14.4. The van der Waals surface area contributed by atoms with Gasteiger partial charge in [0.05, 0.1) is 23.2 Å². The molecule has 6 heteroatoms. The molecule has 1 aromatic carbocycles. The van der Waals surface area contributed by atoms with Crippen molar-refractivity contribution < 1.29 is 17.9 Å². The van der Waals surface area contributed by atoms with E-state index < -0.39 is 15.3 Å². The van der Waals surface area contributed by atoms with Crippen LogP contribution in [0.1, 0.15) is 32.1 Å². The summed E-state index contributed by atoms with van der Waals surface area (Å²) in [5, 5.41) is 2.81. The average Bonchev–Trinajstić information content (AvgIpc) is 2.54. The minimum Gasteiger partial charge on any atom is -0.495 e. The molecule has 1 aliphatic carbocycles. The van der Waals surface area contributed by atoms with Crippen molar-refractivity contribution in [3.05, 3.63) is 18.2 Å². The van der Waals surface area contributed by atoms with Gasteiger partial charge in [0.25, 0.3) is 0 Å². The van der Waals surface area contributed by atoms with E-state index in [4.69, 9.17) is 4.74 Å². The summed E-state index contributed by atoms with van der Waals surface area (Å²) in [6.07, 6.45) is 4.13. The number of amides is 1. The maximum atomic E-state index is 12.7. The highest BCUT2D eigenvalue weighted by Gasteiger charge is 2.46. The second kappa shape index (κ2) is 5.02. The number of ether oxygens (including phenoxy) is 1. The number of para-hydroxylation sites is 1. The average molecular weight is 309 g/mol. The molecule has 0 unspecified atom stereocenters. The quantitative estimate of drug-likeness (QED) is 0.864. The zero-order chi connectivity index (χ0) is 15.1. The fourth-order valence-corrected chi connectivity index (χ4v) is 5.47. The first-order valence-corrected chi connectivity index (χ1v) is 8.85. The Morgan fingerprint density at radius 1 is 1.19 bits per heavy atom. The summed E-state index contributed by atoms with van der Waals surface area (Å²) in [7, 11) is -2.05. The number of nitrogens with one attached hydrogen (secondary N) is 1. The Kier molecular flexibility index (Phi) is 3.43. The van der Waals surface area contributed by atoms with Crippen molar-refractivity contribution in [2.45, 2.75) is 37.0 Å². The SMILES string of the molecule is COc1cccc2c1NC(=O)C1(CCCCC1)CS2(=O)=O. The summed E-state index contributed by atoms with van der Waals surface area (Å²) in [6, 6.07) is 4.84. The van der Waals surface area contributed by atoms with Crippen molar-refractivity contribution in [2.75, 3.05) is 18.2 Å². The molecule has 2 aliphatic rings. The number of methoxy groups -OCH3 is 1. The van der Waals surface area contributed by atoms with Gasteiger partial charge in [-0.1, -0.05) is 25.3 Å². The minimum atomic E-state index is -3.52. The molecular formula is C15H19NO4S. The Morgan fingerprint density at radius 2 is 1.90 bits per heavy atom. The number of rotatable bonds is 1. The van der Waals surface area contributed by atoms with Gasteiger partial charge in [0, 0.05) is 0 Å². The topological polar surface area (TPSA) is 72.5 Å². The number of hydrogen-bond acceptors (Lipinski definition) is 4. The van der Waals surface area contributed by atoms with Gasteiger partial charge >= 0.3 is 0 Å². The molecule has 0 saturated heterocycles. The van der Waals surface area contributed by atoms with Crippen LogP contribution < -0.4 is 10.1 Å². The first-order valence-electron chi connectivity index (χ1n) is 7.20. The molecule has 1 fully saturated rings. The molecule has 5 nitrogen and oxygen atoms in total. The molecule has 1 amide bonds.